The van der Waals surface area contributed by atoms with Gasteiger partial charge in [0.2, 0.25) is 0 Å². The van der Waals surface area contributed by atoms with Crippen molar-refractivity contribution < 1.29 is 4.79 Å². The first kappa shape index (κ1) is 19.0. The molecule has 0 radical (unpaired) electrons. The average Bonchev–Trinajstić information content (AvgIpc) is 3.43. The number of carbonyl (C=O) groups is 1. The van der Waals surface area contributed by atoms with E-state index < -0.39 is 0 Å². The maximum atomic E-state index is 13.8. The van der Waals surface area contributed by atoms with Crippen LogP contribution < -0.4 is 10.6 Å². The molecule has 2 N–H and O–H groups in total. The minimum Gasteiger partial charge on any atom is -0.378 e. The molecule has 2 aliphatic heterocycles. The molecule has 4 atom stereocenters. The van der Waals surface area contributed by atoms with E-state index in [4.69, 9.17) is 0 Å². The first-order valence-corrected chi connectivity index (χ1v) is 11.5. The number of rotatable bonds is 4. The minimum atomic E-state index is 0.0702. The first-order valence-electron chi connectivity index (χ1n) is 10.7. The number of piperidine rings is 1. The second kappa shape index (κ2) is 6.88. The summed E-state index contributed by atoms with van der Waals surface area (Å²) >= 11 is 3.44. The van der Waals surface area contributed by atoms with Crippen LogP contribution in [0, 0.1) is 11.3 Å². The Hall–Kier alpha value is -2.74. The molecule has 2 aromatic heterocycles. The number of anilines is 1. The number of aromatic nitrogens is 3. The Bertz CT molecular complexity index is 1110. The first-order chi connectivity index (χ1) is 15.0. The van der Waals surface area contributed by atoms with Crippen molar-refractivity contribution >= 4 is 33.4 Å². The summed E-state index contributed by atoms with van der Waals surface area (Å²) in [6.45, 7) is 3.56. The predicted octanol–water partition coefficient (Wildman–Crippen LogP) is 3.00. The lowest BCUT2D eigenvalue weighted by Crippen LogP contribution is -2.60. The fourth-order valence-corrected chi connectivity index (χ4v) is 5.89. The molecule has 0 aromatic carbocycles. The summed E-state index contributed by atoms with van der Waals surface area (Å²) < 4.78 is 0.956. The molecule has 6 rings (SSSR count). The highest BCUT2D eigenvalue weighted by Crippen LogP contribution is 2.71. The van der Waals surface area contributed by atoms with Crippen LogP contribution in [0.25, 0.3) is 5.70 Å². The van der Waals surface area contributed by atoms with Crippen molar-refractivity contribution in [3.05, 3.63) is 64.3 Å². The number of hydrogen-bond acceptors (Lipinski definition) is 6. The molecule has 31 heavy (non-hydrogen) atoms. The van der Waals surface area contributed by atoms with Crippen molar-refractivity contribution in [2.45, 2.75) is 31.8 Å². The van der Waals surface area contributed by atoms with E-state index in [9.17, 15) is 4.79 Å². The van der Waals surface area contributed by atoms with E-state index >= 15 is 0 Å². The van der Waals surface area contributed by atoms with Gasteiger partial charge >= 0.3 is 0 Å². The van der Waals surface area contributed by atoms with Gasteiger partial charge < -0.3 is 15.5 Å². The predicted molar refractivity (Wildman–Crippen MR) is 121 cm³/mol. The fraction of sp³-hybridized carbons (Fsp3) is 0.391. The van der Waals surface area contributed by atoms with Crippen LogP contribution in [0.4, 0.5) is 5.82 Å². The van der Waals surface area contributed by atoms with Crippen molar-refractivity contribution in [2.75, 3.05) is 18.4 Å². The zero-order valence-electron chi connectivity index (χ0n) is 17.2. The van der Waals surface area contributed by atoms with Gasteiger partial charge in [0, 0.05) is 42.2 Å². The van der Waals surface area contributed by atoms with E-state index in [1.165, 1.54) is 6.42 Å². The number of carbonyl (C=O) groups excluding carboxylic acids is 1. The maximum absolute atomic E-state index is 13.8. The Morgan fingerprint density at radius 2 is 2.10 bits per heavy atom. The molecule has 1 spiro atoms. The van der Waals surface area contributed by atoms with Gasteiger partial charge in [0.05, 0.1) is 17.3 Å². The molecule has 0 bridgehead atoms. The number of likely N-dealkylation sites (tertiary alicyclic amines) is 1. The quantitative estimate of drug-likeness (QED) is 0.702. The molecule has 1 saturated heterocycles. The van der Waals surface area contributed by atoms with Crippen LogP contribution in [0.5, 0.6) is 0 Å². The summed E-state index contributed by atoms with van der Waals surface area (Å²) in [6, 6.07) is 6.18. The molecule has 2 saturated carbocycles. The molecule has 4 aliphatic rings. The van der Waals surface area contributed by atoms with Crippen LogP contribution in [0.1, 0.15) is 25.6 Å². The summed E-state index contributed by atoms with van der Waals surface area (Å²) in [5, 5.41) is 6.94. The average molecular weight is 479 g/mol. The molecule has 3 fully saturated rings. The smallest absolute Gasteiger partial charge is 0.256 e. The van der Waals surface area contributed by atoms with Crippen molar-refractivity contribution in [1.82, 2.24) is 25.2 Å². The lowest BCUT2D eigenvalue weighted by molar-refractivity contribution is -0.131. The van der Waals surface area contributed by atoms with E-state index in [2.05, 4.69) is 46.4 Å². The van der Waals surface area contributed by atoms with Crippen molar-refractivity contribution in [3.8, 4) is 0 Å². The van der Waals surface area contributed by atoms with Gasteiger partial charge in [-0.15, -0.1) is 0 Å². The third-order valence-electron chi connectivity index (χ3n) is 7.15. The standard InChI is InChI=1S/C23H23BrN6O/c1-13-7-16(19(28-10-13)21-25-5-2-6-26-21)22(31)30-12-14-8-23(14)9-17(20(23)30)29-18-4-3-15(24)11-27-18/h2-7,11,14,17,20,28H,8-10,12H2,1H3,(H,27,29). The summed E-state index contributed by atoms with van der Waals surface area (Å²) in [5.74, 6) is 2.11. The van der Waals surface area contributed by atoms with E-state index in [0.29, 0.717) is 29.3 Å². The van der Waals surface area contributed by atoms with E-state index in [1.807, 2.05) is 25.1 Å². The maximum Gasteiger partial charge on any atom is 0.256 e. The number of halogens is 1. The van der Waals surface area contributed by atoms with E-state index in [0.717, 1.165) is 34.5 Å². The van der Waals surface area contributed by atoms with Crippen LogP contribution in [0.3, 0.4) is 0 Å². The third-order valence-corrected chi connectivity index (χ3v) is 7.62. The number of hydrogen-bond donors (Lipinski definition) is 2. The Balaban J connectivity index is 1.30. The Kier molecular flexibility index (Phi) is 4.21. The van der Waals surface area contributed by atoms with Crippen LogP contribution in [-0.2, 0) is 4.79 Å². The monoisotopic (exact) mass is 478 g/mol. The normalized spacial score (nSPS) is 30.6. The van der Waals surface area contributed by atoms with Crippen molar-refractivity contribution in [3.63, 3.8) is 0 Å². The highest BCUT2D eigenvalue weighted by atomic mass is 79.9. The lowest BCUT2D eigenvalue weighted by Gasteiger charge is -2.48. The number of nitrogens with one attached hydrogen (secondary N) is 2. The molecule has 4 unspecified atom stereocenters. The minimum absolute atomic E-state index is 0.0702. The second-order valence-electron chi connectivity index (χ2n) is 9.06. The third kappa shape index (κ3) is 2.99. The zero-order valence-corrected chi connectivity index (χ0v) is 18.8. The van der Waals surface area contributed by atoms with Gasteiger partial charge in [-0.2, -0.15) is 0 Å². The van der Waals surface area contributed by atoms with Gasteiger partial charge in [-0.3, -0.25) is 4.79 Å². The number of amides is 1. The molecule has 158 valence electrons. The van der Waals surface area contributed by atoms with Crippen LogP contribution in [-0.4, -0.2) is 50.9 Å². The number of pyridine rings is 1. The summed E-state index contributed by atoms with van der Waals surface area (Å²) in [7, 11) is 0. The van der Waals surface area contributed by atoms with Gasteiger partial charge in [-0.1, -0.05) is 5.57 Å². The summed E-state index contributed by atoms with van der Waals surface area (Å²) in [5.41, 5.74) is 2.82. The highest BCUT2D eigenvalue weighted by molar-refractivity contribution is 9.10. The molecule has 7 nitrogen and oxygen atoms in total. The van der Waals surface area contributed by atoms with Crippen LogP contribution >= 0.6 is 15.9 Å². The molecular formula is C23H23BrN6O. The number of nitrogens with zero attached hydrogens (tertiary/aromatic N) is 4. The van der Waals surface area contributed by atoms with Gasteiger partial charge in [0.15, 0.2) is 5.82 Å². The van der Waals surface area contributed by atoms with Gasteiger partial charge in [0.1, 0.15) is 5.82 Å². The molecule has 2 aromatic rings. The molecule has 4 heterocycles. The SMILES string of the molecule is CC1=CC(C(=O)N2CC3CC34CC(Nc3ccc(Br)cn3)C24)=C(c2ncccn2)NC1. The lowest BCUT2D eigenvalue weighted by atomic mass is 9.71. The van der Waals surface area contributed by atoms with Gasteiger partial charge in [0.25, 0.3) is 5.91 Å². The van der Waals surface area contributed by atoms with Gasteiger partial charge in [-0.25, -0.2) is 15.0 Å². The summed E-state index contributed by atoms with van der Waals surface area (Å²) in [4.78, 5) is 29.1. The van der Waals surface area contributed by atoms with Crippen molar-refractivity contribution in [1.29, 1.82) is 0 Å². The molecule has 1 amide bonds. The topological polar surface area (TPSA) is 83.0 Å². The largest absolute Gasteiger partial charge is 0.378 e. The molecule has 8 heteroatoms. The van der Waals surface area contributed by atoms with Crippen LogP contribution in [0.15, 0.2) is 58.5 Å². The molecule has 2 aliphatic carbocycles. The Morgan fingerprint density at radius 3 is 2.87 bits per heavy atom. The summed E-state index contributed by atoms with van der Waals surface area (Å²) in [6.07, 6.45) is 9.55. The zero-order chi connectivity index (χ0) is 21.2. The van der Waals surface area contributed by atoms with Crippen molar-refractivity contribution in [2.24, 2.45) is 11.3 Å². The van der Waals surface area contributed by atoms with Crippen LogP contribution in [0.2, 0.25) is 0 Å². The highest BCUT2D eigenvalue weighted by Gasteiger charge is 2.75. The second-order valence-corrected chi connectivity index (χ2v) is 9.97. The number of dihydropyridines is 1. The molecular weight excluding hydrogens is 456 g/mol. The Morgan fingerprint density at radius 1 is 1.26 bits per heavy atom. The Labute approximate surface area is 189 Å². The van der Waals surface area contributed by atoms with E-state index in [-0.39, 0.29) is 18.0 Å². The van der Waals surface area contributed by atoms with E-state index in [1.54, 1.807) is 24.7 Å². The van der Waals surface area contributed by atoms with Gasteiger partial charge in [-0.05, 0) is 71.3 Å². The fourth-order valence-electron chi connectivity index (χ4n) is 5.65.